The summed E-state index contributed by atoms with van der Waals surface area (Å²) in [6, 6.07) is 53.9. The lowest BCUT2D eigenvalue weighted by molar-refractivity contribution is 0.566. The van der Waals surface area contributed by atoms with Gasteiger partial charge in [0.05, 0.1) is 0 Å². The Hall–Kier alpha value is -3.59. The first kappa shape index (κ1) is 29.5. The zero-order valence-corrected chi connectivity index (χ0v) is 28.1. The van der Waals surface area contributed by atoms with Crippen LogP contribution in [0.15, 0.2) is 146 Å². The van der Waals surface area contributed by atoms with Crippen molar-refractivity contribution in [3.8, 4) is 0 Å². The molecule has 0 saturated carbocycles. The average Bonchev–Trinajstić information content (AvgIpc) is 3.06. The fourth-order valence-corrected chi connectivity index (χ4v) is 20.5. The molecule has 0 fully saturated rings. The zero-order valence-electron chi connectivity index (χ0n) is 25.1. The third-order valence-corrected chi connectivity index (χ3v) is 20.7. The predicted molar refractivity (Wildman–Crippen MR) is 192 cm³/mol. The molecule has 0 aliphatic heterocycles. The molecule has 5 heteroatoms. The fourth-order valence-electron chi connectivity index (χ4n) is 6.63. The van der Waals surface area contributed by atoms with Crippen molar-refractivity contribution >= 4 is 67.0 Å². The molecule has 2 nitrogen and oxygen atoms in total. The molecule has 0 aromatic heterocycles. The van der Waals surface area contributed by atoms with E-state index in [-0.39, 0.29) is 0 Å². The summed E-state index contributed by atoms with van der Waals surface area (Å²) in [6.45, 7) is 4.89. The Bertz CT molecular complexity index is 1700. The lowest BCUT2D eigenvalue weighted by Gasteiger charge is -2.34. The highest BCUT2D eigenvalue weighted by Gasteiger charge is 2.42. The second kappa shape index (κ2) is 12.2. The van der Waals surface area contributed by atoms with Crippen LogP contribution in [0.5, 0.6) is 0 Å². The van der Waals surface area contributed by atoms with E-state index in [1.165, 1.54) is 10.8 Å². The van der Waals surface area contributed by atoms with Crippen LogP contribution >= 0.6 is 0 Å². The van der Waals surface area contributed by atoms with Crippen molar-refractivity contribution in [2.24, 2.45) is 0 Å². The zero-order chi connectivity index (χ0) is 29.9. The Kier molecular flexibility index (Phi) is 8.36. The summed E-state index contributed by atoms with van der Waals surface area (Å²) in [6.07, 6.45) is 0. The molecule has 0 bridgehead atoms. The minimum atomic E-state index is -3.03. The first-order valence-electron chi connectivity index (χ1n) is 15.3. The summed E-state index contributed by atoms with van der Waals surface area (Å²) >= 11 is 0. The first-order chi connectivity index (χ1) is 20.8. The molecular formula is C38H40O2Si3. The van der Waals surface area contributed by atoms with Crippen LogP contribution in [0.2, 0.25) is 37.3 Å². The van der Waals surface area contributed by atoms with Gasteiger partial charge in [-0.1, -0.05) is 171 Å². The molecule has 6 rings (SSSR count). The smallest absolute Gasteiger partial charge is 0.252 e. The standard InChI is InChI=1S/C38H40O2Si3/c1-41(2,27-29-42(39,33-19-5-3-6-20-33)37-25-13-17-31-15-9-11-23-35(31)37)28-30-43(40,34-21-7-4-8-22-34)38-26-14-18-32-16-10-12-24-36(32)38/h3-26,39-40H,27-30H2,1-2H3. The SMILES string of the molecule is C[Si](C)(CC[Si](O)(c1ccccc1)c1cccc2ccccc12)CC[Si](O)(c1ccccc1)c1cccc2ccccc12. The monoisotopic (exact) mass is 612 g/mol. The Morgan fingerprint density at radius 1 is 0.395 bits per heavy atom. The lowest BCUT2D eigenvalue weighted by Crippen LogP contribution is -2.60. The van der Waals surface area contributed by atoms with Gasteiger partial charge in [0.15, 0.2) is 0 Å². The van der Waals surface area contributed by atoms with Crippen LogP contribution in [-0.2, 0) is 0 Å². The lowest BCUT2D eigenvalue weighted by atomic mass is 10.1. The minimum absolute atomic E-state index is 0.782. The van der Waals surface area contributed by atoms with Crippen LogP contribution in [0.4, 0.5) is 0 Å². The average molecular weight is 613 g/mol. The number of hydrogen-bond donors (Lipinski definition) is 2. The maximum absolute atomic E-state index is 12.7. The predicted octanol–water partition coefficient (Wildman–Crippen LogP) is 6.51. The van der Waals surface area contributed by atoms with E-state index in [0.717, 1.165) is 55.7 Å². The van der Waals surface area contributed by atoms with Gasteiger partial charge in [-0.2, -0.15) is 0 Å². The largest absolute Gasteiger partial charge is 0.424 e. The number of benzene rings is 6. The second-order valence-corrected chi connectivity index (χ2v) is 24.7. The summed E-state index contributed by atoms with van der Waals surface area (Å²) in [7, 11) is -7.90. The van der Waals surface area contributed by atoms with Crippen molar-refractivity contribution in [1.82, 2.24) is 0 Å². The highest BCUT2D eigenvalue weighted by Crippen LogP contribution is 2.29. The summed E-state index contributed by atoms with van der Waals surface area (Å²) in [4.78, 5) is 25.5. The maximum Gasteiger partial charge on any atom is 0.252 e. The molecule has 2 atom stereocenters. The number of rotatable bonds is 10. The topological polar surface area (TPSA) is 40.5 Å². The van der Waals surface area contributed by atoms with Gasteiger partial charge < -0.3 is 9.59 Å². The van der Waals surface area contributed by atoms with Gasteiger partial charge in [0, 0.05) is 8.07 Å². The molecule has 0 radical (unpaired) electrons. The number of hydrogen-bond acceptors (Lipinski definition) is 2. The highest BCUT2D eigenvalue weighted by atomic mass is 28.4. The van der Waals surface area contributed by atoms with Crippen molar-refractivity contribution in [3.05, 3.63) is 146 Å². The van der Waals surface area contributed by atoms with E-state index in [0.29, 0.717) is 0 Å². The van der Waals surface area contributed by atoms with Gasteiger partial charge in [-0.05, 0) is 54.4 Å². The summed E-state index contributed by atoms with van der Waals surface area (Å²) in [5.41, 5.74) is 0. The van der Waals surface area contributed by atoms with E-state index in [4.69, 9.17) is 0 Å². The third-order valence-electron chi connectivity index (χ3n) is 9.30. The molecule has 0 amide bonds. The maximum atomic E-state index is 12.7. The molecule has 0 saturated heterocycles. The van der Waals surface area contributed by atoms with Crippen LogP contribution in [0.25, 0.3) is 21.5 Å². The molecule has 0 aliphatic rings. The highest BCUT2D eigenvalue weighted by molar-refractivity contribution is 7.00. The van der Waals surface area contributed by atoms with Gasteiger partial charge in [-0.3, -0.25) is 0 Å². The van der Waals surface area contributed by atoms with Gasteiger partial charge in [0.1, 0.15) is 0 Å². The molecule has 216 valence electrons. The van der Waals surface area contributed by atoms with Crippen molar-refractivity contribution in [1.29, 1.82) is 0 Å². The molecule has 0 spiro atoms. The van der Waals surface area contributed by atoms with Gasteiger partial charge in [-0.25, -0.2) is 0 Å². The fraction of sp³-hybridized carbons (Fsp3) is 0.158. The van der Waals surface area contributed by atoms with E-state index >= 15 is 0 Å². The normalized spacial score (nSPS) is 14.8. The van der Waals surface area contributed by atoms with E-state index in [1.54, 1.807) is 0 Å². The van der Waals surface area contributed by atoms with Crippen LogP contribution < -0.4 is 20.7 Å². The van der Waals surface area contributed by atoms with Gasteiger partial charge in [0.25, 0.3) is 16.6 Å². The van der Waals surface area contributed by atoms with E-state index in [1.807, 2.05) is 12.1 Å². The summed E-state index contributed by atoms with van der Waals surface area (Å²) < 4.78 is 0. The molecule has 6 aromatic rings. The summed E-state index contributed by atoms with van der Waals surface area (Å²) in [5.74, 6) is 0. The molecule has 6 aromatic carbocycles. The van der Waals surface area contributed by atoms with Crippen molar-refractivity contribution in [3.63, 3.8) is 0 Å². The first-order valence-corrected chi connectivity index (χ1v) is 23.0. The molecule has 0 heterocycles. The molecular weight excluding hydrogens is 573 g/mol. The molecule has 2 N–H and O–H groups in total. The summed E-state index contributed by atoms with van der Waals surface area (Å²) in [5, 5.41) is 9.01. The van der Waals surface area contributed by atoms with Gasteiger partial charge in [-0.15, -0.1) is 0 Å². The van der Waals surface area contributed by atoms with Crippen LogP contribution in [0.3, 0.4) is 0 Å². The van der Waals surface area contributed by atoms with Crippen molar-refractivity contribution in [2.45, 2.75) is 37.3 Å². The van der Waals surface area contributed by atoms with Crippen molar-refractivity contribution < 1.29 is 9.59 Å². The van der Waals surface area contributed by atoms with Crippen LogP contribution in [0.1, 0.15) is 0 Å². The van der Waals surface area contributed by atoms with Crippen LogP contribution in [-0.4, -0.2) is 34.3 Å². The van der Waals surface area contributed by atoms with Crippen LogP contribution in [0, 0.1) is 0 Å². The second-order valence-electron chi connectivity index (χ2n) is 12.7. The van der Waals surface area contributed by atoms with E-state index in [2.05, 4.69) is 147 Å². The quantitative estimate of drug-likeness (QED) is 0.173. The number of fused-ring (bicyclic) bond motifs is 2. The Morgan fingerprint density at radius 3 is 1.16 bits per heavy atom. The Morgan fingerprint density at radius 2 is 0.744 bits per heavy atom. The van der Waals surface area contributed by atoms with Crippen molar-refractivity contribution in [2.75, 3.05) is 0 Å². The third kappa shape index (κ3) is 5.96. The Balaban J connectivity index is 1.32. The minimum Gasteiger partial charge on any atom is -0.424 e. The Labute approximate surface area is 258 Å². The molecule has 43 heavy (non-hydrogen) atoms. The molecule has 2 unspecified atom stereocenters. The van der Waals surface area contributed by atoms with Gasteiger partial charge in [0.2, 0.25) is 0 Å². The van der Waals surface area contributed by atoms with E-state index in [9.17, 15) is 9.59 Å². The molecule has 0 aliphatic carbocycles. The van der Waals surface area contributed by atoms with Gasteiger partial charge >= 0.3 is 0 Å². The van der Waals surface area contributed by atoms with E-state index < -0.39 is 24.7 Å².